The molecular weight excluding hydrogens is 482 g/mol. The second kappa shape index (κ2) is 9.91. The number of esters is 1. The van der Waals surface area contributed by atoms with Crippen LogP contribution in [-0.2, 0) is 18.7 Å². The Morgan fingerprint density at radius 1 is 0.946 bits per heavy atom. The van der Waals surface area contributed by atoms with Crippen molar-refractivity contribution in [2.75, 3.05) is 19.8 Å². The van der Waals surface area contributed by atoms with Gasteiger partial charge in [-0.3, -0.25) is 4.79 Å². The first-order chi connectivity index (χ1) is 17.4. The topological polar surface area (TPSA) is 65.1 Å². The Morgan fingerprint density at radius 3 is 1.95 bits per heavy atom. The monoisotopic (exact) mass is 523 g/mol. The van der Waals surface area contributed by atoms with E-state index in [4.69, 9.17) is 13.9 Å². The highest BCUT2D eigenvalue weighted by Crippen LogP contribution is 2.63. The van der Waals surface area contributed by atoms with Crippen molar-refractivity contribution in [2.24, 2.45) is 11.3 Å². The molecule has 6 nitrogen and oxygen atoms in total. The number of hydrogen-bond donors (Lipinski definition) is 0. The van der Waals surface area contributed by atoms with Gasteiger partial charge in [-0.05, 0) is 49.5 Å². The van der Waals surface area contributed by atoms with Gasteiger partial charge in [0.05, 0.1) is 25.2 Å². The lowest BCUT2D eigenvalue weighted by Crippen LogP contribution is -2.70. The summed E-state index contributed by atoms with van der Waals surface area (Å²) >= 11 is 0. The van der Waals surface area contributed by atoms with E-state index in [0.29, 0.717) is 26.2 Å². The molecule has 2 fully saturated rings. The third-order valence-electron chi connectivity index (χ3n) is 7.70. The second-order valence-corrected chi connectivity index (χ2v) is 16.6. The van der Waals surface area contributed by atoms with Crippen molar-refractivity contribution in [1.29, 1.82) is 0 Å². The number of amides is 1. The maximum Gasteiger partial charge on any atom is 0.410 e. The molecule has 1 aliphatic carbocycles. The molecule has 0 unspecified atom stereocenters. The number of carbonyl (C=O) groups excluding carboxylic acids is 2. The fourth-order valence-corrected chi connectivity index (χ4v) is 10.5. The molecule has 0 N–H and O–H groups in total. The molecule has 1 saturated carbocycles. The van der Waals surface area contributed by atoms with E-state index in [1.165, 1.54) is 10.4 Å². The lowest BCUT2D eigenvalue weighted by Gasteiger charge is -2.51. The average molecular weight is 524 g/mol. The highest BCUT2D eigenvalue weighted by Gasteiger charge is 2.72. The predicted molar refractivity (Wildman–Crippen MR) is 147 cm³/mol. The van der Waals surface area contributed by atoms with Crippen LogP contribution in [0.4, 0.5) is 4.79 Å². The highest BCUT2D eigenvalue weighted by molar-refractivity contribution is 6.99. The summed E-state index contributed by atoms with van der Waals surface area (Å²) < 4.78 is 18.3. The summed E-state index contributed by atoms with van der Waals surface area (Å²) in [5.41, 5.74) is -0.915. The molecule has 0 aromatic heterocycles. The standard InChI is InChI=1S/C30H41NO5Si/c1-8-34-26(32)24-19-30(24)21-31(27(33)36-28(2,3)4)25(30)20-35-37(29(5,6)7,22-15-11-9-12-16-22)23-17-13-10-14-18-23/h9-18,24-25H,8,19-21H2,1-7H3/t24-,25+,30-/m0/s1. The van der Waals surface area contributed by atoms with Crippen LogP contribution >= 0.6 is 0 Å². The van der Waals surface area contributed by atoms with E-state index in [1.54, 1.807) is 4.90 Å². The van der Waals surface area contributed by atoms with Crippen LogP contribution in [0.3, 0.4) is 0 Å². The zero-order valence-corrected chi connectivity index (χ0v) is 24.2. The first-order valence-electron chi connectivity index (χ1n) is 13.3. The zero-order chi connectivity index (χ0) is 27.1. The molecule has 1 aliphatic heterocycles. The molecule has 37 heavy (non-hydrogen) atoms. The molecule has 0 bridgehead atoms. The Balaban J connectivity index is 1.70. The van der Waals surface area contributed by atoms with Gasteiger partial charge in [-0.2, -0.15) is 0 Å². The normalized spacial score (nSPS) is 23.4. The number of rotatable bonds is 7. The molecule has 1 amide bonds. The number of nitrogens with zero attached hydrogens (tertiary/aromatic N) is 1. The molecule has 1 spiro atoms. The maximum atomic E-state index is 13.2. The summed E-state index contributed by atoms with van der Waals surface area (Å²) in [7, 11) is -2.80. The van der Waals surface area contributed by atoms with Gasteiger partial charge in [0.25, 0.3) is 8.32 Å². The summed E-state index contributed by atoms with van der Waals surface area (Å²) in [5.74, 6) is -0.388. The Hall–Kier alpha value is -2.64. The summed E-state index contributed by atoms with van der Waals surface area (Å²) in [6.07, 6.45) is 0.351. The molecule has 7 heteroatoms. The van der Waals surface area contributed by atoms with E-state index >= 15 is 0 Å². The smallest absolute Gasteiger partial charge is 0.410 e. The minimum atomic E-state index is -2.80. The van der Waals surface area contributed by atoms with Gasteiger partial charge in [0.15, 0.2) is 0 Å². The van der Waals surface area contributed by atoms with Crippen molar-refractivity contribution in [2.45, 2.75) is 71.6 Å². The molecule has 2 aromatic carbocycles. The maximum absolute atomic E-state index is 13.2. The van der Waals surface area contributed by atoms with Crippen LogP contribution in [0.25, 0.3) is 0 Å². The lowest BCUT2D eigenvalue weighted by molar-refractivity contribution is -0.148. The molecular formula is C30H41NO5Si. The van der Waals surface area contributed by atoms with Gasteiger partial charge in [0, 0.05) is 12.0 Å². The van der Waals surface area contributed by atoms with Crippen LogP contribution in [0.5, 0.6) is 0 Å². The van der Waals surface area contributed by atoms with Crippen LogP contribution in [-0.4, -0.2) is 56.7 Å². The van der Waals surface area contributed by atoms with E-state index < -0.39 is 13.9 Å². The van der Waals surface area contributed by atoms with Crippen LogP contribution < -0.4 is 10.4 Å². The van der Waals surface area contributed by atoms with E-state index in [1.807, 2.05) is 39.8 Å². The SMILES string of the molecule is CCOC(=O)[C@@H]1C[C@]12CN(C(=O)OC(C)(C)C)[C@@H]2CO[Si](c1ccccc1)(c1ccccc1)C(C)(C)C. The number of carbonyl (C=O) groups is 2. The number of benzene rings is 2. The molecule has 3 atom stereocenters. The van der Waals surface area contributed by atoms with Crippen LogP contribution in [0.2, 0.25) is 5.04 Å². The van der Waals surface area contributed by atoms with E-state index in [0.717, 1.165) is 0 Å². The average Bonchev–Trinajstić information content (AvgIpc) is 3.58. The minimum absolute atomic E-state index is 0.179. The highest BCUT2D eigenvalue weighted by atomic mass is 28.4. The van der Waals surface area contributed by atoms with Crippen molar-refractivity contribution in [3.8, 4) is 0 Å². The first kappa shape index (κ1) is 27.4. The van der Waals surface area contributed by atoms with Crippen molar-refractivity contribution in [3.63, 3.8) is 0 Å². The Morgan fingerprint density at radius 2 is 1.49 bits per heavy atom. The van der Waals surface area contributed by atoms with Gasteiger partial charge in [-0.25, -0.2) is 4.79 Å². The van der Waals surface area contributed by atoms with E-state index in [2.05, 4.69) is 69.3 Å². The fraction of sp³-hybridized carbons (Fsp3) is 0.533. The number of likely N-dealkylation sites (tertiary alicyclic amines) is 1. The predicted octanol–water partition coefficient (Wildman–Crippen LogP) is 4.75. The molecule has 0 radical (unpaired) electrons. The summed E-state index contributed by atoms with van der Waals surface area (Å²) in [4.78, 5) is 27.6. The summed E-state index contributed by atoms with van der Waals surface area (Å²) in [5, 5.41) is 2.18. The third kappa shape index (κ3) is 5.08. The third-order valence-corrected chi connectivity index (χ3v) is 12.7. The van der Waals surface area contributed by atoms with Crippen molar-refractivity contribution >= 4 is 30.8 Å². The van der Waals surface area contributed by atoms with Crippen LogP contribution in [0.15, 0.2) is 60.7 Å². The number of ether oxygens (including phenoxy) is 2. The largest absolute Gasteiger partial charge is 0.466 e. The quantitative estimate of drug-likeness (QED) is 0.387. The van der Waals surface area contributed by atoms with Gasteiger partial charge in [-0.1, -0.05) is 81.4 Å². The van der Waals surface area contributed by atoms with Gasteiger partial charge >= 0.3 is 12.1 Å². The van der Waals surface area contributed by atoms with Crippen molar-refractivity contribution < 1.29 is 23.5 Å². The molecule has 2 aromatic rings. The molecule has 2 aliphatic rings. The van der Waals surface area contributed by atoms with Gasteiger partial charge in [0.1, 0.15) is 5.60 Å². The van der Waals surface area contributed by atoms with E-state index in [-0.39, 0.29) is 34.5 Å². The minimum Gasteiger partial charge on any atom is -0.466 e. The van der Waals surface area contributed by atoms with Crippen molar-refractivity contribution in [3.05, 3.63) is 60.7 Å². The molecule has 4 rings (SSSR count). The Bertz CT molecular complexity index is 1070. The summed E-state index contributed by atoms with van der Waals surface area (Å²) in [6, 6.07) is 20.7. The van der Waals surface area contributed by atoms with Crippen LogP contribution in [0, 0.1) is 11.3 Å². The first-order valence-corrected chi connectivity index (χ1v) is 15.2. The lowest BCUT2D eigenvalue weighted by atomic mass is 9.83. The van der Waals surface area contributed by atoms with Gasteiger partial charge in [-0.15, -0.1) is 0 Å². The fourth-order valence-electron chi connectivity index (χ4n) is 5.89. The van der Waals surface area contributed by atoms with Gasteiger partial charge in [0.2, 0.25) is 0 Å². The zero-order valence-electron chi connectivity index (χ0n) is 23.2. The van der Waals surface area contributed by atoms with Gasteiger partial charge < -0.3 is 18.8 Å². The summed E-state index contributed by atoms with van der Waals surface area (Å²) in [6.45, 7) is 15.3. The molecule has 1 saturated heterocycles. The van der Waals surface area contributed by atoms with Crippen molar-refractivity contribution in [1.82, 2.24) is 4.90 Å². The second-order valence-electron chi connectivity index (χ2n) is 12.3. The Kier molecular flexibility index (Phi) is 7.34. The van der Waals surface area contributed by atoms with E-state index in [9.17, 15) is 9.59 Å². The van der Waals surface area contributed by atoms with Crippen LogP contribution in [0.1, 0.15) is 54.9 Å². The number of hydrogen-bond acceptors (Lipinski definition) is 5. The molecule has 1 heterocycles. The molecule has 200 valence electrons. The Labute approximate surface area is 222 Å².